The van der Waals surface area contributed by atoms with Crippen molar-refractivity contribution in [3.8, 4) is 5.75 Å². The number of thioether (sulfide) groups is 1. The molecule has 0 spiro atoms. The van der Waals surface area contributed by atoms with Gasteiger partial charge in [0.05, 0.1) is 7.11 Å². The second kappa shape index (κ2) is 7.61. The van der Waals surface area contributed by atoms with E-state index in [4.69, 9.17) is 4.74 Å². The van der Waals surface area contributed by atoms with Gasteiger partial charge < -0.3 is 19.5 Å². The predicted octanol–water partition coefficient (Wildman–Crippen LogP) is 2.28. The number of rotatable bonds is 4. The molecule has 1 fully saturated rings. The Morgan fingerprint density at radius 2 is 2.17 bits per heavy atom. The summed E-state index contributed by atoms with van der Waals surface area (Å²) < 4.78 is 7.25. The number of benzene rings is 1. The molecule has 0 unspecified atom stereocenters. The highest BCUT2D eigenvalue weighted by Gasteiger charge is 2.24. The molecule has 1 N–H and O–H groups in total. The van der Waals surface area contributed by atoms with E-state index in [0.29, 0.717) is 0 Å². The van der Waals surface area contributed by atoms with Gasteiger partial charge in [-0.2, -0.15) is 11.8 Å². The molecule has 2 heterocycles. The molecule has 0 bridgehead atoms. The van der Waals surface area contributed by atoms with Crippen LogP contribution in [-0.2, 0) is 7.05 Å². The largest absolute Gasteiger partial charge is 0.497 e. The van der Waals surface area contributed by atoms with Gasteiger partial charge in [0.2, 0.25) is 0 Å². The molecule has 1 atom stereocenters. The molecule has 1 saturated heterocycles. The van der Waals surface area contributed by atoms with E-state index in [-0.39, 0.29) is 12.1 Å². The fraction of sp³-hybridized carbons (Fsp3) is 0.412. The van der Waals surface area contributed by atoms with E-state index in [1.165, 1.54) is 0 Å². The van der Waals surface area contributed by atoms with Crippen LogP contribution in [-0.4, -0.2) is 52.2 Å². The highest BCUT2D eigenvalue weighted by atomic mass is 32.2. The van der Waals surface area contributed by atoms with Crippen molar-refractivity contribution < 1.29 is 9.53 Å². The van der Waals surface area contributed by atoms with Crippen LogP contribution in [0.3, 0.4) is 0 Å². The molecule has 0 radical (unpaired) electrons. The summed E-state index contributed by atoms with van der Waals surface area (Å²) in [7, 11) is 3.57. The van der Waals surface area contributed by atoms with Crippen molar-refractivity contribution in [2.75, 3.05) is 31.7 Å². The Morgan fingerprint density at radius 1 is 1.38 bits per heavy atom. The van der Waals surface area contributed by atoms with Gasteiger partial charge in [0, 0.05) is 44.0 Å². The maximum Gasteiger partial charge on any atom is 0.318 e. The highest BCUT2D eigenvalue weighted by Crippen LogP contribution is 2.24. The summed E-state index contributed by atoms with van der Waals surface area (Å²) in [6.45, 7) is 1.56. The molecule has 2 amide bonds. The normalized spacial score (nSPS) is 15.8. The number of hydrogen-bond donors (Lipinski definition) is 1. The predicted molar refractivity (Wildman–Crippen MR) is 95.5 cm³/mol. The number of carbonyl (C=O) groups excluding carboxylic acids is 1. The summed E-state index contributed by atoms with van der Waals surface area (Å²) in [6.07, 6.45) is 3.62. The van der Waals surface area contributed by atoms with Crippen LogP contribution >= 0.6 is 11.8 Å². The van der Waals surface area contributed by atoms with Crippen LogP contribution < -0.4 is 10.1 Å². The van der Waals surface area contributed by atoms with Gasteiger partial charge in [-0.3, -0.25) is 0 Å². The zero-order valence-corrected chi connectivity index (χ0v) is 14.8. The van der Waals surface area contributed by atoms with Crippen molar-refractivity contribution in [2.45, 2.75) is 6.04 Å². The molecule has 1 aromatic carbocycles. The molecule has 1 aromatic heterocycles. The van der Waals surface area contributed by atoms with Gasteiger partial charge in [-0.05, 0) is 17.7 Å². The van der Waals surface area contributed by atoms with Crippen LogP contribution in [0.4, 0.5) is 4.79 Å². The van der Waals surface area contributed by atoms with E-state index in [2.05, 4.69) is 10.3 Å². The van der Waals surface area contributed by atoms with E-state index >= 15 is 0 Å². The Labute approximate surface area is 146 Å². The summed E-state index contributed by atoms with van der Waals surface area (Å²) in [5, 5.41) is 3.14. The fourth-order valence-corrected chi connectivity index (χ4v) is 3.66. The molecule has 7 heteroatoms. The lowest BCUT2D eigenvalue weighted by molar-refractivity contribution is 0.200. The Kier molecular flexibility index (Phi) is 5.30. The lowest BCUT2D eigenvalue weighted by atomic mass is 10.1. The van der Waals surface area contributed by atoms with Gasteiger partial charge in [0.25, 0.3) is 0 Å². The second-order valence-corrected chi connectivity index (χ2v) is 6.88. The number of hydrogen-bond acceptors (Lipinski definition) is 4. The van der Waals surface area contributed by atoms with Crippen LogP contribution in [0, 0.1) is 0 Å². The first-order chi connectivity index (χ1) is 11.7. The first kappa shape index (κ1) is 16.7. The number of nitrogens with one attached hydrogen (secondary N) is 1. The number of urea groups is 1. The van der Waals surface area contributed by atoms with Crippen LogP contribution in [0.25, 0.3) is 0 Å². The standard InChI is InChI=1S/C17H22N4O2S/c1-20-7-6-18-16(20)15(13-4-3-5-14(12-13)23-2)19-17(22)21-8-10-24-11-9-21/h3-7,12,15H,8-11H2,1-2H3,(H,19,22)/t15-/m0/s1. The highest BCUT2D eigenvalue weighted by molar-refractivity contribution is 7.99. The van der Waals surface area contributed by atoms with Crippen LogP contribution in [0.2, 0.25) is 0 Å². The quantitative estimate of drug-likeness (QED) is 0.923. The van der Waals surface area contributed by atoms with Gasteiger partial charge in [-0.1, -0.05) is 12.1 Å². The Hall–Kier alpha value is -2.15. The number of ether oxygens (including phenoxy) is 1. The number of aromatic nitrogens is 2. The lowest BCUT2D eigenvalue weighted by Gasteiger charge is -2.29. The third-order valence-corrected chi connectivity index (χ3v) is 5.05. The number of methoxy groups -OCH3 is 1. The topological polar surface area (TPSA) is 59.4 Å². The number of carbonyl (C=O) groups is 1. The Balaban J connectivity index is 1.87. The van der Waals surface area contributed by atoms with Gasteiger partial charge in [0.1, 0.15) is 17.6 Å². The molecule has 24 heavy (non-hydrogen) atoms. The Bertz CT molecular complexity index is 697. The van der Waals surface area contributed by atoms with E-state index in [0.717, 1.165) is 41.7 Å². The maximum atomic E-state index is 12.7. The van der Waals surface area contributed by atoms with Gasteiger partial charge >= 0.3 is 6.03 Å². The average Bonchev–Trinajstić information content (AvgIpc) is 3.06. The molecule has 0 saturated carbocycles. The summed E-state index contributed by atoms with van der Waals surface area (Å²) in [4.78, 5) is 19.0. The van der Waals surface area contributed by atoms with Crippen molar-refractivity contribution in [3.63, 3.8) is 0 Å². The van der Waals surface area contributed by atoms with E-state index in [1.807, 2.05) is 58.7 Å². The minimum absolute atomic E-state index is 0.0499. The summed E-state index contributed by atoms with van der Waals surface area (Å²) in [5.41, 5.74) is 0.948. The second-order valence-electron chi connectivity index (χ2n) is 5.65. The van der Waals surface area contributed by atoms with Crippen LogP contribution in [0.1, 0.15) is 17.4 Å². The SMILES string of the molecule is COc1cccc([C@H](NC(=O)N2CCSCC2)c2nccn2C)c1. The lowest BCUT2D eigenvalue weighted by Crippen LogP contribution is -2.46. The molecular weight excluding hydrogens is 324 g/mol. The van der Waals surface area contributed by atoms with Crippen molar-refractivity contribution in [1.82, 2.24) is 19.8 Å². The first-order valence-electron chi connectivity index (χ1n) is 7.93. The van der Waals surface area contributed by atoms with Gasteiger partial charge in [-0.25, -0.2) is 9.78 Å². The summed E-state index contributed by atoms with van der Waals surface area (Å²) in [5.74, 6) is 3.53. The number of imidazole rings is 1. The van der Waals surface area contributed by atoms with Gasteiger partial charge in [0.15, 0.2) is 0 Å². The molecular formula is C17H22N4O2S. The summed E-state index contributed by atoms with van der Waals surface area (Å²) in [6, 6.07) is 7.37. The third kappa shape index (κ3) is 3.67. The number of aryl methyl sites for hydroxylation is 1. The van der Waals surface area contributed by atoms with E-state index in [1.54, 1.807) is 13.3 Å². The Morgan fingerprint density at radius 3 is 2.83 bits per heavy atom. The molecule has 1 aliphatic rings. The number of nitrogens with zero attached hydrogens (tertiary/aromatic N) is 3. The summed E-state index contributed by atoms with van der Waals surface area (Å²) >= 11 is 1.88. The van der Waals surface area contributed by atoms with E-state index < -0.39 is 0 Å². The maximum absolute atomic E-state index is 12.7. The molecule has 1 aliphatic heterocycles. The molecule has 0 aliphatic carbocycles. The van der Waals surface area contributed by atoms with Gasteiger partial charge in [-0.15, -0.1) is 0 Å². The third-order valence-electron chi connectivity index (χ3n) is 4.11. The molecule has 3 rings (SSSR count). The molecule has 6 nitrogen and oxygen atoms in total. The molecule has 128 valence electrons. The minimum Gasteiger partial charge on any atom is -0.497 e. The van der Waals surface area contributed by atoms with Crippen molar-refractivity contribution in [2.24, 2.45) is 7.05 Å². The minimum atomic E-state index is -0.317. The monoisotopic (exact) mass is 346 g/mol. The molecule has 2 aromatic rings. The van der Waals surface area contributed by atoms with Crippen molar-refractivity contribution in [1.29, 1.82) is 0 Å². The van der Waals surface area contributed by atoms with Crippen LogP contribution in [0.5, 0.6) is 5.75 Å². The zero-order chi connectivity index (χ0) is 16.9. The zero-order valence-electron chi connectivity index (χ0n) is 13.9. The smallest absolute Gasteiger partial charge is 0.318 e. The van der Waals surface area contributed by atoms with E-state index in [9.17, 15) is 4.79 Å². The van der Waals surface area contributed by atoms with Crippen molar-refractivity contribution in [3.05, 3.63) is 48.0 Å². The van der Waals surface area contributed by atoms with Crippen LogP contribution in [0.15, 0.2) is 36.7 Å². The number of amides is 2. The first-order valence-corrected chi connectivity index (χ1v) is 9.09. The fourth-order valence-electron chi connectivity index (χ4n) is 2.75. The average molecular weight is 346 g/mol. The van der Waals surface area contributed by atoms with Crippen molar-refractivity contribution >= 4 is 17.8 Å².